The first kappa shape index (κ1) is 14.5. The molecule has 1 aromatic rings. The maximum absolute atomic E-state index is 12.0. The van der Waals surface area contributed by atoms with Crippen molar-refractivity contribution >= 4 is 15.9 Å². The lowest BCUT2D eigenvalue weighted by molar-refractivity contribution is 0.0221. The van der Waals surface area contributed by atoms with E-state index in [4.69, 9.17) is 4.74 Å². The van der Waals surface area contributed by atoms with E-state index in [1.165, 1.54) is 0 Å². The topological polar surface area (TPSA) is 71.0 Å². The summed E-state index contributed by atoms with van der Waals surface area (Å²) in [6.07, 6.45) is 0. The third-order valence-electron chi connectivity index (χ3n) is 3.85. The van der Waals surface area contributed by atoms with Crippen LogP contribution in [0.2, 0.25) is 0 Å². The average molecular weight is 309 g/mol. The van der Waals surface area contributed by atoms with E-state index in [1.807, 2.05) is 6.07 Å². The van der Waals surface area contributed by atoms with Gasteiger partial charge in [-0.15, -0.1) is 0 Å². The molecule has 6 nitrogen and oxygen atoms in total. The van der Waals surface area contributed by atoms with Crippen molar-refractivity contribution in [3.63, 3.8) is 0 Å². The van der Waals surface area contributed by atoms with Crippen molar-refractivity contribution < 1.29 is 13.2 Å². The summed E-state index contributed by atoms with van der Waals surface area (Å²) in [5, 5.41) is 0. The van der Waals surface area contributed by atoms with E-state index >= 15 is 0 Å². The van der Waals surface area contributed by atoms with Crippen molar-refractivity contribution in [2.24, 2.45) is 4.99 Å². The Balaban J connectivity index is 1.76. The van der Waals surface area contributed by atoms with Crippen LogP contribution < -0.4 is 4.72 Å². The minimum atomic E-state index is -3.44. The summed E-state index contributed by atoms with van der Waals surface area (Å²) in [5.41, 5.74) is 0.659. The number of aliphatic imine (C=N–C) groups is 1. The number of rotatable bonds is 3. The van der Waals surface area contributed by atoms with Crippen LogP contribution in [0.15, 0.2) is 34.2 Å². The number of hydrogen-bond acceptors (Lipinski definition) is 5. The molecule has 21 heavy (non-hydrogen) atoms. The minimum Gasteiger partial charge on any atom is -0.379 e. The van der Waals surface area contributed by atoms with Crippen LogP contribution in [-0.4, -0.2) is 58.0 Å². The summed E-state index contributed by atoms with van der Waals surface area (Å²) in [5.74, 6) is 0.450. The third-order valence-corrected chi connectivity index (χ3v) is 5.24. The van der Waals surface area contributed by atoms with Crippen LogP contribution in [0.3, 0.4) is 0 Å². The Bertz CT molecular complexity index is 651. The maximum Gasteiger partial charge on any atom is 0.263 e. The van der Waals surface area contributed by atoms with Crippen LogP contribution >= 0.6 is 0 Å². The lowest BCUT2D eigenvalue weighted by Gasteiger charge is -2.31. The molecule has 7 heteroatoms. The second-order valence-electron chi connectivity index (χ2n) is 5.29. The van der Waals surface area contributed by atoms with Gasteiger partial charge in [-0.1, -0.05) is 12.1 Å². The van der Waals surface area contributed by atoms with E-state index in [1.54, 1.807) is 18.2 Å². The summed E-state index contributed by atoms with van der Waals surface area (Å²) < 4.78 is 31.8. The van der Waals surface area contributed by atoms with Crippen molar-refractivity contribution in [3.8, 4) is 0 Å². The standard InChI is InChI=1S/C14H19N3O3S/c1-11(17-6-8-20-9-7-17)10-15-14-12-4-2-3-5-13(12)21(18,19)16-14/h2-5,11H,6-10H2,1H3,(H,15,16). The number of amidine groups is 1. The highest BCUT2D eigenvalue weighted by Gasteiger charge is 2.30. The van der Waals surface area contributed by atoms with Gasteiger partial charge in [-0.05, 0) is 19.1 Å². The maximum atomic E-state index is 12.0. The van der Waals surface area contributed by atoms with E-state index < -0.39 is 10.0 Å². The molecule has 2 aliphatic heterocycles. The van der Waals surface area contributed by atoms with Crippen LogP contribution in [0.25, 0.3) is 0 Å². The van der Waals surface area contributed by atoms with E-state index in [9.17, 15) is 8.42 Å². The number of morpholine rings is 1. The first-order valence-corrected chi connectivity index (χ1v) is 8.55. The molecule has 3 rings (SSSR count). The Morgan fingerprint density at radius 2 is 2.05 bits per heavy atom. The molecule has 0 radical (unpaired) electrons. The van der Waals surface area contributed by atoms with Crippen molar-refractivity contribution in [2.45, 2.75) is 17.9 Å². The number of ether oxygens (including phenoxy) is 1. The van der Waals surface area contributed by atoms with E-state index in [-0.39, 0.29) is 6.04 Å². The van der Waals surface area contributed by atoms with Crippen LogP contribution in [0.1, 0.15) is 12.5 Å². The molecule has 1 aromatic carbocycles. The molecule has 0 amide bonds. The zero-order valence-electron chi connectivity index (χ0n) is 11.9. The predicted molar refractivity (Wildman–Crippen MR) is 80.0 cm³/mol. The molecule has 1 N–H and O–H groups in total. The Morgan fingerprint density at radius 3 is 2.81 bits per heavy atom. The van der Waals surface area contributed by atoms with Gasteiger partial charge in [-0.3, -0.25) is 14.6 Å². The van der Waals surface area contributed by atoms with Gasteiger partial charge in [-0.25, -0.2) is 8.42 Å². The van der Waals surface area contributed by atoms with E-state index in [0.29, 0.717) is 22.8 Å². The summed E-state index contributed by atoms with van der Waals surface area (Å²) in [4.78, 5) is 7.10. The second-order valence-corrected chi connectivity index (χ2v) is 6.94. The molecule has 1 fully saturated rings. The molecule has 1 saturated heterocycles. The highest BCUT2D eigenvalue weighted by Crippen LogP contribution is 2.22. The van der Waals surface area contributed by atoms with Crippen LogP contribution in [0, 0.1) is 0 Å². The highest BCUT2D eigenvalue weighted by molar-refractivity contribution is 7.90. The monoisotopic (exact) mass is 309 g/mol. The van der Waals surface area contributed by atoms with Gasteiger partial charge in [0, 0.05) is 24.7 Å². The highest BCUT2D eigenvalue weighted by atomic mass is 32.2. The van der Waals surface area contributed by atoms with Crippen LogP contribution in [-0.2, 0) is 14.8 Å². The lowest BCUT2D eigenvalue weighted by Crippen LogP contribution is -2.43. The molecule has 0 saturated carbocycles. The largest absolute Gasteiger partial charge is 0.379 e. The number of hydrogen-bond donors (Lipinski definition) is 1. The summed E-state index contributed by atoms with van der Waals surface area (Å²) >= 11 is 0. The van der Waals surface area contributed by atoms with E-state index in [2.05, 4.69) is 21.5 Å². The molecule has 0 aliphatic carbocycles. The molecular weight excluding hydrogens is 290 g/mol. The molecule has 0 bridgehead atoms. The Kier molecular flexibility index (Phi) is 3.97. The normalized spacial score (nSPS) is 24.5. The van der Waals surface area contributed by atoms with Gasteiger partial charge in [0.15, 0.2) is 0 Å². The van der Waals surface area contributed by atoms with Gasteiger partial charge >= 0.3 is 0 Å². The molecule has 0 spiro atoms. The van der Waals surface area contributed by atoms with Gasteiger partial charge in [0.25, 0.3) is 10.0 Å². The Hall–Kier alpha value is -1.44. The van der Waals surface area contributed by atoms with Gasteiger partial charge in [0.2, 0.25) is 0 Å². The number of sulfonamides is 1. The zero-order valence-corrected chi connectivity index (χ0v) is 12.8. The second kappa shape index (κ2) is 5.75. The molecule has 2 heterocycles. The predicted octanol–water partition coefficient (Wildman–Crippen LogP) is 0.446. The summed E-state index contributed by atoms with van der Waals surface area (Å²) in [7, 11) is -3.44. The van der Waals surface area contributed by atoms with Gasteiger partial charge < -0.3 is 4.74 Å². The average Bonchev–Trinajstić information content (AvgIpc) is 2.77. The summed E-state index contributed by atoms with van der Waals surface area (Å²) in [6.45, 7) is 5.95. The van der Waals surface area contributed by atoms with Gasteiger partial charge in [-0.2, -0.15) is 0 Å². The molecule has 114 valence electrons. The van der Waals surface area contributed by atoms with Crippen molar-refractivity contribution in [1.82, 2.24) is 9.62 Å². The third kappa shape index (κ3) is 2.95. The Labute approximate surface area is 124 Å². The van der Waals surface area contributed by atoms with Gasteiger partial charge in [0.1, 0.15) is 5.84 Å². The molecule has 2 aliphatic rings. The fourth-order valence-corrected chi connectivity index (χ4v) is 3.86. The Morgan fingerprint density at radius 1 is 1.33 bits per heavy atom. The van der Waals surface area contributed by atoms with Crippen molar-refractivity contribution in [2.75, 3.05) is 32.8 Å². The van der Waals surface area contributed by atoms with Crippen LogP contribution in [0.5, 0.6) is 0 Å². The molecular formula is C14H19N3O3S. The molecule has 0 aromatic heterocycles. The quantitative estimate of drug-likeness (QED) is 0.880. The fourth-order valence-electron chi connectivity index (χ4n) is 2.61. The molecule has 1 atom stereocenters. The zero-order chi connectivity index (χ0) is 14.9. The number of nitrogens with zero attached hydrogens (tertiary/aromatic N) is 2. The number of benzene rings is 1. The first-order chi connectivity index (χ1) is 10.1. The first-order valence-electron chi connectivity index (χ1n) is 7.06. The number of nitrogens with one attached hydrogen (secondary N) is 1. The van der Waals surface area contributed by atoms with Crippen molar-refractivity contribution in [1.29, 1.82) is 0 Å². The SMILES string of the molecule is CC(CN=C1NS(=O)(=O)c2ccccc21)N1CCOCC1. The fraction of sp³-hybridized carbons (Fsp3) is 0.500. The van der Waals surface area contributed by atoms with Crippen LogP contribution in [0.4, 0.5) is 0 Å². The summed E-state index contributed by atoms with van der Waals surface area (Å²) in [6, 6.07) is 7.19. The minimum absolute atomic E-state index is 0.263. The lowest BCUT2D eigenvalue weighted by atomic mass is 10.2. The van der Waals surface area contributed by atoms with E-state index in [0.717, 1.165) is 26.3 Å². The van der Waals surface area contributed by atoms with Crippen molar-refractivity contribution in [3.05, 3.63) is 29.8 Å². The smallest absolute Gasteiger partial charge is 0.263 e. The molecule has 1 unspecified atom stereocenters. The van der Waals surface area contributed by atoms with Gasteiger partial charge in [0.05, 0.1) is 24.7 Å². The number of fused-ring (bicyclic) bond motifs is 1.